The lowest BCUT2D eigenvalue weighted by molar-refractivity contribution is 0.552. The zero-order valence-corrected chi connectivity index (χ0v) is 18.0. The molecule has 0 spiro atoms. The molecule has 0 atom stereocenters. The summed E-state index contributed by atoms with van der Waals surface area (Å²) in [5, 5.41) is 6.48. The first-order valence-corrected chi connectivity index (χ1v) is 10.0. The van der Waals surface area contributed by atoms with Gasteiger partial charge in [0.15, 0.2) is 11.5 Å². The number of aromatic amines is 1. The highest BCUT2D eigenvalue weighted by atomic mass is 16.4. The van der Waals surface area contributed by atoms with Crippen LogP contribution in [0, 0.1) is 20.8 Å². The summed E-state index contributed by atoms with van der Waals surface area (Å²) in [5.41, 5.74) is 14.6. The van der Waals surface area contributed by atoms with Crippen LogP contribution in [0.25, 0.3) is 11.1 Å². The number of hydrazone groups is 1. The van der Waals surface area contributed by atoms with Crippen molar-refractivity contribution in [2.24, 2.45) is 10.8 Å². The van der Waals surface area contributed by atoms with Gasteiger partial charge in [-0.2, -0.15) is 5.10 Å². The number of carbonyl (C=O) groups excluding carboxylic acids is 1. The van der Waals surface area contributed by atoms with Crippen molar-refractivity contribution in [2.75, 3.05) is 5.01 Å². The van der Waals surface area contributed by atoms with Gasteiger partial charge in [-0.15, -0.1) is 0 Å². The zero-order chi connectivity index (χ0) is 22.3. The van der Waals surface area contributed by atoms with Gasteiger partial charge in [0, 0.05) is 18.5 Å². The summed E-state index contributed by atoms with van der Waals surface area (Å²) >= 11 is 0. The molecule has 0 aliphatic carbocycles. The fourth-order valence-electron chi connectivity index (χ4n) is 4.07. The number of hydrogen-bond acceptors (Lipinski definition) is 6. The van der Waals surface area contributed by atoms with Gasteiger partial charge in [-0.05, 0) is 67.7 Å². The molecule has 2 aromatic carbocycles. The molecular weight excluding hydrogens is 392 g/mol. The molecule has 7 nitrogen and oxygen atoms in total. The lowest BCUT2D eigenvalue weighted by Gasteiger charge is -2.28. The average molecular weight is 416 g/mol. The van der Waals surface area contributed by atoms with E-state index < -0.39 is 5.76 Å². The fourth-order valence-corrected chi connectivity index (χ4v) is 4.07. The predicted octanol–water partition coefficient (Wildman–Crippen LogP) is 3.59. The Balaban J connectivity index is 1.84. The van der Waals surface area contributed by atoms with E-state index in [1.165, 1.54) is 0 Å². The van der Waals surface area contributed by atoms with Crippen LogP contribution in [0.5, 0.6) is 0 Å². The van der Waals surface area contributed by atoms with Crippen molar-refractivity contribution in [3.8, 4) is 0 Å². The zero-order valence-electron chi connectivity index (χ0n) is 18.0. The number of aryl methyl sites for hydroxylation is 3. The van der Waals surface area contributed by atoms with Gasteiger partial charge < -0.3 is 10.2 Å². The maximum Gasteiger partial charge on any atom is 0.417 e. The van der Waals surface area contributed by atoms with Crippen molar-refractivity contribution in [3.05, 3.63) is 80.0 Å². The minimum absolute atomic E-state index is 0.344. The third kappa shape index (κ3) is 3.65. The monoisotopic (exact) mass is 416 g/mol. The minimum atomic E-state index is -0.487. The number of rotatable bonds is 4. The molecule has 0 bridgehead atoms. The van der Waals surface area contributed by atoms with Crippen molar-refractivity contribution in [1.82, 2.24) is 4.98 Å². The number of nitrogens with two attached hydrogens (primary N) is 1. The number of allylic oxidation sites excluding steroid dienone is 2. The van der Waals surface area contributed by atoms with Gasteiger partial charge in [0.2, 0.25) is 0 Å². The normalized spacial score (nSPS) is 14.0. The standard InChI is InChI=1S/C24H24N4O3/c1-13-5-6-20-23(31-24(30)26-20)19(13)10-21-14(2)9-18(12-29)28(27-21)22-15(3)7-17(11-25)8-16(22)4/h5-9H,10-11,25H2,1-4H3,(H,26,30). The van der Waals surface area contributed by atoms with Crippen LogP contribution in [0.15, 0.2) is 55.9 Å². The van der Waals surface area contributed by atoms with E-state index >= 15 is 0 Å². The van der Waals surface area contributed by atoms with Gasteiger partial charge >= 0.3 is 5.76 Å². The molecule has 31 heavy (non-hydrogen) atoms. The summed E-state index contributed by atoms with van der Waals surface area (Å²) < 4.78 is 5.40. The number of anilines is 1. The van der Waals surface area contributed by atoms with Gasteiger partial charge in [0.25, 0.3) is 0 Å². The Kier molecular flexibility index (Phi) is 5.23. The van der Waals surface area contributed by atoms with E-state index in [1.54, 1.807) is 11.1 Å². The molecule has 1 aliphatic rings. The highest BCUT2D eigenvalue weighted by Gasteiger charge is 2.24. The molecule has 0 fully saturated rings. The topological polar surface area (TPSA) is 105 Å². The molecule has 0 unspecified atom stereocenters. The van der Waals surface area contributed by atoms with Crippen LogP contribution in [-0.2, 0) is 17.8 Å². The lowest BCUT2D eigenvalue weighted by Crippen LogP contribution is -2.26. The van der Waals surface area contributed by atoms with E-state index in [2.05, 4.69) is 4.98 Å². The van der Waals surface area contributed by atoms with Crippen molar-refractivity contribution in [3.63, 3.8) is 0 Å². The molecule has 158 valence electrons. The molecule has 4 rings (SSSR count). The fraction of sp³-hybridized carbons (Fsp3) is 0.250. The van der Waals surface area contributed by atoms with E-state index in [0.29, 0.717) is 29.8 Å². The SMILES string of the molecule is CC1=CC(=C=O)N(c2c(C)cc(CN)cc2C)N=C1Cc1c(C)ccc2[nH]c(=O)oc12. The molecule has 0 saturated heterocycles. The van der Waals surface area contributed by atoms with Crippen LogP contribution < -0.4 is 16.5 Å². The number of H-pyrrole nitrogens is 1. The number of aromatic nitrogens is 1. The molecule has 2 heterocycles. The van der Waals surface area contributed by atoms with Gasteiger partial charge in [-0.3, -0.25) is 4.98 Å². The summed E-state index contributed by atoms with van der Waals surface area (Å²) in [4.78, 5) is 26.2. The van der Waals surface area contributed by atoms with Crippen molar-refractivity contribution in [2.45, 2.75) is 40.7 Å². The number of benzene rings is 2. The molecule has 3 aromatic rings. The number of fused-ring (bicyclic) bond motifs is 1. The van der Waals surface area contributed by atoms with Gasteiger partial charge in [0.1, 0.15) is 5.70 Å². The summed E-state index contributed by atoms with van der Waals surface area (Å²) in [7, 11) is 0. The van der Waals surface area contributed by atoms with E-state index in [-0.39, 0.29) is 0 Å². The number of hydrogen-bond donors (Lipinski definition) is 2. The van der Waals surface area contributed by atoms with Crippen LogP contribution >= 0.6 is 0 Å². The van der Waals surface area contributed by atoms with Crippen LogP contribution in [0.3, 0.4) is 0 Å². The van der Waals surface area contributed by atoms with Gasteiger partial charge in [-0.25, -0.2) is 14.6 Å². The van der Waals surface area contributed by atoms with E-state index in [4.69, 9.17) is 15.3 Å². The van der Waals surface area contributed by atoms with Crippen molar-refractivity contribution < 1.29 is 9.21 Å². The summed E-state index contributed by atoms with van der Waals surface area (Å²) in [6.45, 7) is 8.27. The maximum absolute atomic E-state index is 11.7. The summed E-state index contributed by atoms with van der Waals surface area (Å²) in [6.07, 6.45) is 2.24. The first-order chi connectivity index (χ1) is 14.8. The molecule has 0 radical (unpaired) electrons. The van der Waals surface area contributed by atoms with E-state index in [1.807, 2.05) is 57.9 Å². The highest BCUT2D eigenvalue weighted by molar-refractivity contribution is 6.05. The Hall–Kier alpha value is -3.67. The quantitative estimate of drug-likeness (QED) is 0.633. The van der Waals surface area contributed by atoms with Crippen molar-refractivity contribution >= 4 is 28.4 Å². The largest absolute Gasteiger partial charge is 0.417 e. The maximum atomic E-state index is 11.7. The minimum Gasteiger partial charge on any atom is -0.408 e. The highest BCUT2D eigenvalue weighted by Crippen LogP contribution is 2.33. The van der Waals surface area contributed by atoms with Gasteiger partial charge in [-0.1, -0.05) is 18.2 Å². The number of oxazole rings is 1. The molecule has 0 amide bonds. The van der Waals surface area contributed by atoms with Crippen LogP contribution in [0.1, 0.15) is 34.7 Å². The lowest BCUT2D eigenvalue weighted by atomic mass is 9.97. The Labute approximate surface area is 179 Å². The van der Waals surface area contributed by atoms with Crippen LogP contribution in [-0.4, -0.2) is 16.6 Å². The second kappa shape index (κ2) is 7.87. The second-order valence-corrected chi connectivity index (χ2v) is 7.88. The molecule has 1 aliphatic heterocycles. The Morgan fingerprint density at radius 2 is 1.84 bits per heavy atom. The second-order valence-electron chi connectivity index (χ2n) is 7.88. The van der Waals surface area contributed by atoms with E-state index in [0.717, 1.165) is 44.8 Å². The molecule has 0 saturated carbocycles. The number of nitrogens with one attached hydrogen (secondary N) is 1. The smallest absolute Gasteiger partial charge is 0.408 e. The first kappa shape index (κ1) is 20.6. The molecule has 7 heteroatoms. The Morgan fingerprint density at radius 1 is 1.13 bits per heavy atom. The molecule has 3 N–H and O–H groups in total. The predicted molar refractivity (Wildman–Crippen MR) is 122 cm³/mol. The van der Waals surface area contributed by atoms with Crippen molar-refractivity contribution in [1.29, 1.82) is 0 Å². The summed E-state index contributed by atoms with van der Waals surface area (Å²) in [5.74, 6) is 1.53. The third-order valence-corrected chi connectivity index (χ3v) is 5.63. The molecule has 1 aromatic heterocycles. The van der Waals surface area contributed by atoms with Crippen LogP contribution in [0.4, 0.5) is 5.69 Å². The Bertz CT molecular complexity index is 1340. The van der Waals surface area contributed by atoms with E-state index in [9.17, 15) is 9.59 Å². The first-order valence-electron chi connectivity index (χ1n) is 10.0. The molecular formula is C24H24N4O3. The average Bonchev–Trinajstić information content (AvgIpc) is 3.11. The van der Waals surface area contributed by atoms with Gasteiger partial charge in [0.05, 0.1) is 16.9 Å². The Morgan fingerprint density at radius 3 is 2.48 bits per heavy atom. The number of nitrogens with zero attached hydrogens (tertiary/aromatic N) is 2. The summed E-state index contributed by atoms with van der Waals surface area (Å²) in [6, 6.07) is 7.78. The van der Waals surface area contributed by atoms with Crippen LogP contribution in [0.2, 0.25) is 0 Å². The third-order valence-electron chi connectivity index (χ3n) is 5.63.